The van der Waals surface area contributed by atoms with Crippen LogP contribution in [-0.2, 0) is 14.3 Å². The largest absolute Gasteiger partial charge is 0.507 e. The maximum atomic E-state index is 13.9. The minimum absolute atomic E-state index is 0.143. The number of para-hydroxylation sites is 3. The zero-order valence-electron chi connectivity index (χ0n) is 24.9. The van der Waals surface area contributed by atoms with Gasteiger partial charge in [0.1, 0.15) is 18.1 Å². The number of amides is 2. The number of benzene rings is 4. The molecular weight excluding hydrogens is 562 g/mol. The molecule has 3 aliphatic rings. The van der Waals surface area contributed by atoms with E-state index < -0.39 is 11.8 Å². The number of aromatic hydroxyl groups is 1. The Morgan fingerprint density at radius 1 is 0.822 bits per heavy atom. The van der Waals surface area contributed by atoms with Crippen LogP contribution >= 0.6 is 0 Å². The van der Waals surface area contributed by atoms with Gasteiger partial charge >= 0.3 is 0 Å². The predicted molar refractivity (Wildman–Crippen MR) is 174 cm³/mol. The summed E-state index contributed by atoms with van der Waals surface area (Å²) in [6.45, 7) is 0.729. The molecule has 0 aromatic heterocycles. The molecular formula is C39H35NO5. The van der Waals surface area contributed by atoms with Crippen LogP contribution in [0.3, 0.4) is 0 Å². The molecule has 4 aromatic rings. The number of carbonyl (C=O) groups is 2. The van der Waals surface area contributed by atoms with Gasteiger partial charge in [-0.1, -0.05) is 84.9 Å². The van der Waals surface area contributed by atoms with E-state index in [0.29, 0.717) is 38.2 Å². The number of imide groups is 1. The van der Waals surface area contributed by atoms with E-state index in [1.807, 2.05) is 103 Å². The Bertz CT molecular complexity index is 1750. The standard InChI is InChI=1S/C39H35NO5/c41-34-19-11-10-14-28(34)22-27(26-12-4-1-5-13-26)20-21-35-36-29(24-44-31-17-8-3-9-18-31)23-32-37(33(36)25-45-35)39(43)40(38(32)42)30-15-6-2-7-16-30/h1-19,22,32-33,35,37,41H,20-21,23-25H2/b27-22-/t32-,33+,35-,37-/m1/s1. The molecule has 7 rings (SSSR count). The quantitative estimate of drug-likeness (QED) is 0.124. The van der Waals surface area contributed by atoms with Gasteiger partial charge in [0, 0.05) is 11.5 Å². The third-order valence-electron chi connectivity index (χ3n) is 9.27. The number of phenolic OH excluding ortho intramolecular Hbond substituents is 1. The highest BCUT2D eigenvalue weighted by atomic mass is 16.5. The SMILES string of the molecule is O=C1[C@@H]2[C@@H](CC(COc3ccccc3)=C3[C@@H](CC/C(=C/c4ccccc4O)c4ccccc4)OC[C@@H]32)C(=O)N1c1ccccc1. The zero-order valence-corrected chi connectivity index (χ0v) is 24.9. The first-order valence-electron chi connectivity index (χ1n) is 15.6. The highest BCUT2D eigenvalue weighted by molar-refractivity contribution is 6.22. The van der Waals surface area contributed by atoms with Crippen molar-refractivity contribution >= 4 is 29.2 Å². The second-order valence-electron chi connectivity index (χ2n) is 11.9. The number of anilines is 1. The van der Waals surface area contributed by atoms with Crippen LogP contribution in [0.2, 0.25) is 0 Å². The smallest absolute Gasteiger partial charge is 0.238 e. The van der Waals surface area contributed by atoms with Crippen molar-refractivity contribution in [3.63, 3.8) is 0 Å². The highest BCUT2D eigenvalue weighted by Crippen LogP contribution is 2.50. The number of allylic oxidation sites excluding steroid dienone is 1. The van der Waals surface area contributed by atoms with E-state index in [4.69, 9.17) is 9.47 Å². The van der Waals surface area contributed by atoms with E-state index in [1.54, 1.807) is 6.07 Å². The summed E-state index contributed by atoms with van der Waals surface area (Å²) < 4.78 is 12.8. The Morgan fingerprint density at radius 2 is 1.49 bits per heavy atom. The Kier molecular flexibility index (Phi) is 8.05. The zero-order chi connectivity index (χ0) is 30.8. The first-order valence-corrected chi connectivity index (χ1v) is 15.6. The van der Waals surface area contributed by atoms with E-state index >= 15 is 0 Å². The van der Waals surface area contributed by atoms with Crippen LogP contribution in [-0.4, -0.2) is 36.2 Å². The summed E-state index contributed by atoms with van der Waals surface area (Å²) in [6.07, 6.45) is 3.69. The Hall–Kier alpha value is -4.94. The fourth-order valence-corrected chi connectivity index (χ4v) is 7.16. The summed E-state index contributed by atoms with van der Waals surface area (Å²) >= 11 is 0. The molecule has 0 bridgehead atoms. The maximum Gasteiger partial charge on any atom is 0.238 e. The molecule has 0 unspecified atom stereocenters. The minimum Gasteiger partial charge on any atom is -0.507 e. The van der Waals surface area contributed by atoms with Gasteiger partial charge in [0.2, 0.25) is 11.8 Å². The van der Waals surface area contributed by atoms with Crippen molar-refractivity contribution in [1.82, 2.24) is 0 Å². The number of ether oxygens (including phenoxy) is 2. The number of nitrogens with zero attached hydrogens (tertiary/aromatic N) is 1. The van der Waals surface area contributed by atoms with Crippen LogP contribution in [0.5, 0.6) is 11.5 Å². The van der Waals surface area contributed by atoms with Gasteiger partial charge in [0.15, 0.2) is 0 Å². The molecule has 6 nitrogen and oxygen atoms in total. The normalized spacial score (nSPS) is 22.8. The fourth-order valence-electron chi connectivity index (χ4n) is 7.16. The maximum absolute atomic E-state index is 13.9. The Labute approximate surface area is 263 Å². The van der Waals surface area contributed by atoms with E-state index in [1.165, 1.54) is 4.90 Å². The Morgan fingerprint density at radius 3 is 2.22 bits per heavy atom. The van der Waals surface area contributed by atoms with Gasteiger partial charge in [-0.15, -0.1) is 0 Å². The third-order valence-corrected chi connectivity index (χ3v) is 9.27. The van der Waals surface area contributed by atoms with Gasteiger partial charge in [-0.25, -0.2) is 0 Å². The first kappa shape index (κ1) is 28.8. The van der Waals surface area contributed by atoms with Gasteiger partial charge in [-0.05, 0) is 78.0 Å². The number of hydrogen-bond donors (Lipinski definition) is 1. The van der Waals surface area contributed by atoms with Gasteiger partial charge < -0.3 is 14.6 Å². The topological polar surface area (TPSA) is 76.1 Å². The molecule has 45 heavy (non-hydrogen) atoms. The molecule has 4 atom stereocenters. The summed E-state index contributed by atoms with van der Waals surface area (Å²) in [4.78, 5) is 29.1. The number of hydrogen-bond acceptors (Lipinski definition) is 5. The molecule has 2 saturated heterocycles. The average molecular weight is 598 g/mol. The van der Waals surface area contributed by atoms with Crippen molar-refractivity contribution in [1.29, 1.82) is 0 Å². The first-order chi connectivity index (χ1) is 22.1. The van der Waals surface area contributed by atoms with Crippen LogP contribution in [0.1, 0.15) is 30.4 Å². The van der Waals surface area contributed by atoms with Crippen LogP contribution < -0.4 is 9.64 Å². The summed E-state index contributed by atoms with van der Waals surface area (Å²) in [6, 6.07) is 36.4. The van der Waals surface area contributed by atoms with Crippen LogP contribution in [0, 0.1) is 17.8 Å². The van der Waals surface area contributed by atoms with Gasteiger partial charge in [-0.2, -0.15) is 0 Å². The van der Waals surface area contributed by atoms with Crippen LogP contribution in [0.15, 0.2) is 126 Å². The van der Waals surface area contributed by atoms with Gasteiger partial charge in [0.25, 0.3) is 0 Å². The molecule has 226 valence electrons. The molecule has 1 aliphatic carbocycles. The molecule has 2 aliphatic heterocycles. The lowest BCUT2D eigenvalue weighted by Gasteiger charge is -2.31. The number of fused-ring (bicyclic) bond motifs is 3. The summed E-state index contributed by atoms with van der Waals surface area (Å²) in [5.41, 5.74) is 5.70. The van der Waals surface area contributed by atoms with Crippen LogP contribution in [0.4, 0.5) is 5.69 Å². The number of carbonyl (C=O) groups excluding carboxylic acids is 2. The molecule has 6 heteroatoms. The number of rotatable bonds is 9. The van der Waals surface area contributed by atoms with Crippen molar-refractivity contribution in [3.8, 4) is 11.5 Å². The average Bonchev–Trinajstić information content (AvgIpc) is 3.61. The molecule has 0 radical (unpaired) electrons. The van der Waals surface area contributed by atoms with Crippen molar-refractivity contribution < 1.29 is 24.2 Å². The van der Waals surface area contributed by atoms with Crippen LogP contribution in [0.25, 0.3) is 11.6 Å². The summed E-state index contributed by atoms with van der Waals surface area (Å²) in [5.74, 6) is -0.375. The van der Waals surface area contributed by atoms with E-state index in [-0.39, 0.29) is 29.6 Å². The summed E-state index contributed by atoms with van der Waals surface area (Å²) in [5, 5.41) is 10.5. The van der Waals surface area contributed by atoms with Crippen molar-refractivity contribution in [2.24, 2.45) is 17.8 Å². The number of phenols is 1. The second kappa shape index (κ2) is 12.6. The van der Waals surface area contributed by atoms with Gasteiger partial charge in [-0.3, -0.25) is 14.5 Å². The van der Waals surface area contributed by atoms with Gasteiger partial charge in [0.05, 0.1) is 30.2 Å². The summed E-state index contributed by atoms with van der Waals surface area (Å²) in [7, 11) is 0. The molecule has 2 heterocycles. The highest BCUT2D eigenvalue weighted by Gasteiger charge is 2.57. The second-order valence-corrected chi connectivity index (χ2v) is 11.9. The van der Waals surface area contributed by atoms with Crippen molar-refractivity contribution in [2.75, 3.05) is 18.1 Å². The molecule has 0 spiro atoms. The molecule has 0 saturated carbocycles. The van der Waals surface area contributed by atoms with Crippen molar-refractivity contribution in [3.05, 3.63) is 138 Å². The molecule has 2 fully saturated rings. The van der Waals surface area contributed by atoms with E-state index in [2.05, 4.69) is 12.1 Å². The van der Waals surface area contributed by atoms with Crippen molar-refractivity contribution in [2.45, 2.75) is 25.4 Å². The lowest BCUT2D eigenvalue weighted by atomic mass is 9.69. The molecule has 4 aromatic carbocycles. The van der Waals surface area contributed by atoms with E-state index in [0.717, 1.165) is 33.6 Å². The molecule has 2 amide bonds. The lowest BCUT2D eigenvalue weighted by Crippen LogP contribution is -2.35. The molecule has 1 N–H and O–H groups in total. The Balaban J connectivity index is 1.20. The monoisotopic (exact) mass is 597 g/mol. The minimum atomic E-state index is -0.455. The fraction of sp³-hybridized carbons (Fsp3) is 0.231. The predicted octanol–water partition coefficient (Wildman–Crippen LogP) is 7.31. The lowest BCUT2D eigenvalue weighted by molar-refractivity contribution is -0.122. The third kappa shape index (κ3) is 5.69. The van der Waals surface area contributed by atoms with E-state index in [9.17, 15) is 14.7 Å².